The van der Waals surface area contributed by atoms with Gasteiger partial charge in [0.1, 0.15) is 41.3 Å². The molecule has 4 heterocycles. The molecule has 0 spiro atoms. The minimum Gasteiger partial charge on any atom is -0.488 e. The van der Waals surface area contributed by atoms with E-state index >= 15 is 0 Å². The number of ether oxygens (including phenoxy) is 2. The third kappa shape index (κ3) is 4.87. The van der Waals surface area contributed by atoms with Crippen LogP contribution in [0.5, 0.6) is 11.5 Å². The fourth-order valence-electron chi connectivity index (χ4n) is 4.59. The Hall–Kier alpha value is -4.88. The van der Waals surface area contributed by atoms with E-state index in [4.69, 9.17) is 9.47 Å². The predicted octanol–water partition coefficient (Wildman–Crippen LogP) is 4.81. The number of hydrogen-bond donors (Lipinski definition) is 1. The third-order valence-corrected chi connectivity index (χ3v) is 6.59. The van der Waals surface area contributed by atoms with Crippen molar-refractivity contribution in [3.63, 3.8) is 0 Å². The zero-order valence-electron chi connectivity index (χ0n) is 21.1. The molecule has 1 atom stereocenters. The van der Waals surface area contributed by atoms with Crippen LogP contribution in [0.4, 0.5) is 11.5 Å². The van der Waals surface area contributed by atoms with E-state index in [-0.39, 0.29) is 12.0 Å². The lowest BCUT2D eigenvalue weighted by Crippen LogP contribution is -2.28. The lowest BCUT2D eigenvalue weighted by atomic mass is 10.1. The maximum atomic E-state index is 11.7. The minimum atomic E-state index is -0.0251. The van der Waals surface area contributed by atoms with Crippen molar-refractivity contribution < 1.29 is 14.3 Å². The molecule has 0 bridgehead atoms. The first-order valence-corrected chi connectivity index (χ1v) is 12.4. The van der Waals surface area contributed by atoms with Gasteiger partial charge in [0.15, 0.2) is 0 Å². The van der Waals surface area contributed by atoms with Crippen molar-refractivity contribution >= 4 is 34.2 Å². The van der Waals surface area contributed by atoms with E-state index in [9.17, 15) is 4.79 Å². The Bertz CT molecular complexity index is 1580. The van der Waals surface area contributed by atoms with Crippen LogP contribution < -0.4 is 14.8 Å². The molecular formula is C29H26N6O3. The molecule has 0 radical (unpaired) electrons. The number of aromatic nitrogens is 2. The monoisotopic (exact) mass is 506 g/mol. The number of carbonyl (C=O) groups excluding carboxylic acids is 1. The summed E-state index contributed by atoms with van der Waals surface area (Å²) < 4.78 is 12.3. The molecule has 1 fully saturated rings. The smallest absolute Gasteiger partial charge is 0.219 e. The number of aryl methyl sites for hydroxylation is 1. The predicted molar refractivity (Wildman–Crippen MR) is 145 cm³/mol. The second-order valence-corrected chi connectivity index (χ2v) is 9.28. The largest absolute Gasteiger partial charge is 0.488 e. The zero-order chi connectivity index (χ0) is 26.1. The van der Waals surface area contributed by atoms with Crippen molar-refractivity contribution in [2.24, 2.45) is 4.99 Å². The number of nitrogens with zero attached hydrogens (tertiary/aromatic N) is 5. The molecule has 9 heteroatoms. The second-order valence-electron chi connectivity index (χ2n) is 9.28. The normalized spacial score (nSPS) is 17.8. The van der Waals surface area contributed by atoms with Gasteiger partial charge in [0.05, 0.1) is 24.5 Å². The Balaban J connectivity index is 1.18. The minimum absolute atomic E-state index is 0.0251. The fourth-order valence-corrected chi connectivity index (χ4v) is 4.59. The van der Waals surface area contributed by atoms with Gasteiger partial charge in [0.25, 0.3) is 0 Å². The summed E-state index contributed by atoms with van der Waals surface area (Å²) in [7, 11) is 0. The highest BCUT2D eigenvalue weighted by molar-refractivity contribution is 5.97. The van der Waals surface area contributed by atoms with Crippen molar-refractivity contribution in [2.45, 2.75) is 26.4 Å². The van der Waals surface area contributed by atoms with Gasteiger partial charge >= 0.3 is 0 Å². The van der Waals surface area contributed by atoms with Crippen LogP contribution in [0, 0.1) is 6.92 Å². The molecule has 1 aromatic heterocycles. The molecule has 38 heavy (non-hydrogen) atoms. The molecule has 190 valence electrons. The molecule has 0 saturated carbocycles. The van der Waals surface area contributed by atoms with Gasteiger partial charge in [-0.05, 0) is 55.0 Å². The summed E-state index contributed by atoms with van der Waals surface area (Å²) in [5.41, 5.74) is 5.60. The van der Waals surface area contributed by atoms with E-state index in [0.29, 0.717) is 18.1 Å². The van der Waals surface area contributed by atoms with E-state index in [2.05, 4.69) is 26.0 Å². The van der Waals surface area contributed by atoms with Gasteiger partial charge in [0, 0.05) is 43.2 Å². The molecule has 2 aromatic carbocycles. The number of amidine groups is 1. The highest BCUT2D eigenvalue weighted by Crippen LogP contribution is 2.31. The molecule has 3 aromatic rings. The summed E-state index contributed by atoms with van der Waals surface area (Å²) >= 11 is 0. The van der Waals surface area contributed by atoms with Gasteiger partial charge in [0.2, 0.25) is 5.91 Å². The molecule has 0 aliphatic carbocycles. The maximum absolute atomic E-state index is 11.7. The molecule has 3 aliphatic rings. The van der Waals surface area contributed by atoms with Crippen molar-refractivity contribution in [3.05, 3.63) is 90.5 Å². The van der Waals surface area contributed by atoms with Gasteiger partial charge < -0.3 is 24.6 Å². The Morgan fingerprint density at radius 2 is 2.11 bits per heavy atom. The molecule has 1 amide bonds. The Morgan fingerprint density at radius 1 is 1.18 bits per heavy atom. The molecule has 3 aliphatic heterocycles. The lowest BCUT2D eigenvalue weighted by molar-refractivity contribution is -0.128. The van der Waals surface area contributed by atoms with Crippen molar-refractivity contribution in [2.75, 3.05) is 18.4 Å². The highest BCUT2D eigenvalue weighted by Gasteiger charge is 2.25. The van der Waals surface area contributed by atoms with E-state index in [1.54, 1.807) is 19.5 Å². The van der Waals surface area contributed by atoms with Crippen LogP contribution in [-0.2, 0) is 4.79 Å². The number of fused-ring (bicyclic) bond motifs is 2. The van der Waals surface area contributed by atoms with Gasteiger partial charge in [-0.25, -0.2) is 15.0 Å². The summed E-state index contributed by atoms with van der Waals surface area (Å²) in [5, 5.41) is 4.26. The lowest BCUT2D eigenvalue weighted by Gasteiger charge is -2.21. The van der Waals surface area contributed by atoms with E-state index < -0.39 is 0 Å². The van der Waals surface area contributed by atoms with Crippen molar-refractivity contribution in [1.29, 1.82) is 0 Å². The van der Waals surface area contributed by atoms with E-state index in [1.165, 1.54) is 0 Å². The molecule has 0 unspecified atom stereocenters. The number of carbonyl (C=O) groups is 1. The summed E-state index contributed by atoms with van der Waals surface area (Å²) in [6, 6.07) is 11.7. The number of anilines is 2. The second kappa shape index (κ2) is 9.88. The van der Waals surface area contributed by atoms with Gasteiger partial charge in [-0.3, -0.25) is 4.79 Å². The molecule has 1 N–H and O–H groups in total. The highest BCUT2D eigenvalue weighted by atomic mass is 16.5. The number of rotatable bonds is 6. The average Bonchev–Trinajstić information content (AvgIpc) is 3.39. The average molecular weight is 507 g/mol. The Labute approximate surface area is 220 Å². The first-order valence-electron chi connectivity index (χ1n) is 12.4. The summed E-state index contributed by atoms with van der Waals surface area (Å²) in [5.74, 6) is 3.72. The van der Waals surface area contributed by atoms with Crippen LogP contribution in [0.1, 0.15) is 18.9 Å². The van der Waals surface area contributed by atoms with E-state index in [1.807, 2.05) is 77.7 Å². The summed E-state index contributed by atoms with van der Waals surface area (Å²) in [4.78, 5) is 28.6. The topological polar surface area (TPSA) is 92.2 Å². The first kappa shape index (κ1) is 23.5. The molecule has 9 nitrogen and oxygen atoms in total. The number of amides is 1. The summed E-state index contributed by atoms with van der Waals surface area (Å²) in [6.07, 6.45) is 11.5. The number of nitrogens with one attached hydrogen (secondary N) is 1. The fraction of sp³-hybridized carbons (Fsp3) is 0.207. The number of allylic oxidation sites excluding steroid dienone is 1. The van der Waals surface area contributed by atoms with Gasteiger partial charge in [-0.15, -0.1) is 0 Å². The van der Waals surface area contributed by atoms with Crippen molar-refractivity contribution in [3.8, 4) is 11.5 Å². The number of benzene rings is 2. The molecule has 1 saturated heterocycles. The van der Waals surface area contributed by atoms with Crippen LogP contribution in [-0.4, -0.2) is 50.7 Å². The van der Waals surface area contributed by atoms with Crippen LogP contribution >= 0.6 is 0 Å². The molecular weight excluding hydrogens is 480 g/mol. The standard InChI is InChI=1S/C29H26N6O3/c1-19-14-21(4-7-27(19)38-23-8-12-34-11-3-10-30-28(34)16-23)33-29-25-15-22(5-6-26(25)31-18-32-29)37-24-9-13-35(17-24)20(2)36/h4-8,10-12,14-16,18,24H,9,13,17H2,1-2H3,(H,31,32,33)/t24-/m1/s1. The maximum Gasteiger partial charge on any atom is 0.219 e. The Kier molecular flexibility index (Phi) is 6.11. The van der Waals surface area contributed by atoms with Crippen LogP contribution in [0.15, 0.2) is 90.0 Å². The zero-order valence-corrected chi connectivity index (χ0v) is 21.1. The summed E-state index contributed by atoms with van der Waals surface area (Å²) in [6.45, 7) is 4.91. The SMILES string of the molecule is CC(=O)N1CC[C@@H](Oc2ccc3ncnc(Nc4ccc(OC5=CC6=NC=C=CN6C=C5)c(C)c4)c3c2)C1. The first-order chi connectivity index (χ1) is 18.5. The molecule has 6 rings (SSSR count). The number of hydrogen-bond acceptors (Lipinski definition) is 8. The number of aliphatic imine (C=N–C) groups is 1. The van der Waals surface area contributed by atoms with Crippen LogP contribution in [0.3, 0.4) is 0 Å². The van der Waals surface area contributed by atoms with E-state index in [0.717, 1.165) is 52.5 Å². The Morgan fingerprint density at radius 3 is 2.95 bits per heavy atom. The number of likely N-dealkylation sites (tertiary alicyclic amines) is 1. The van der Waals surface area contributed by atoms with Crippen LogP contribution in [0.2, 0.25) is 0 Å². The van der Waals surface area contributed by atoms with Crippen molar-refractivity contribution in [1.82, 2.24) is 19.8 Å². The van der Waals surface area contributed by atoms with Crippen LogP contribution in [0.25, 0.3) is 10.9 Å². The van der Waals surface area contributed by atoms with Gasteiger partial charge in [-0.2, -0.15) is 0 Å². The quantitative estimate of drug-likeness (QED) is 0.480. The third-order valence-electron chi connectivity index (χ3n) is 6.59. The van der Waals surface area contributed by atoms with Gasteiger partial charge in [-0.1, -0.05) is 5.73 Å².